The van der Waals surface area contributed by atoms with Gasteiger partial charge in [0.2, 0.25) is 0 Å². The third-order valence-corrected chi connectivity index (χ3v) is 4.53. The SMILES string of the molecule is CC(C)(C)c1ccc2c(C(C)(C)C)cc3ccccc3c2c1. The summed E-state index contributed by atoms with van der Waals surface area (Å²) in [6.07, 6.45) is 0. The lowest BCUT2D eigenvalue weighted by molar-refractivity contribution is 0.590. The van der Waals surface area contributed by atoms with Crippen LogP contribution < -0.4 is 0 Å². The zero-order valence-electron chi connectivity index (χ0n) is 14.6. The Labute approximate surface area is 134 Å². The van der Waals surface area contributed by atoms with E-state index in [2.05, 4.69) is 90.1 Å². The van der Waals surface area contributed by atoms with Gasteiger partial charge in [0.25, 0.3) is 0 Å². The van der Waals surface area contributed by atoms with Crippen LogP contribution in [0.15, 0.2) is 48.5 Å². The molecule has 22 heavy (non-hydrogen) atoms. The second-order valence-corrected chi connectivity index (χ2v) is 8.41. The fourth-order valence-corrected chi connectivity index (χ4v) is 3.19. The molecule has 3 aromatic rings. The first-order valence-corrected chi connectivity index (χ1v) is 8.14. The Kier molecular flexibility index (Phi) is 3.32. The molecular formula is C22H26. The molecule has 0 heterocycles. The van der Waals surface area contributed by atoms with Crippen LogP contribution >= 0.6 is 0 Å². The molecule has 3 aromatic carbocycles. The van der Waals surface area contributed by atoms with Gasteiger partial charge in [-0.3, -0.25) is 0 Å². The first-order valence-electron chi connectivity index (χ1n) is 8.14. The van der Waals surface area contributed by atoms with Crippen LogP contribution in [-0.2, 0) is 10.8 Å². The molecule has 0 aromatic heterocycles. The van der Waals surface area contributed by atoms with E-state index in [1.54, 1.807) is 0 Å². The van der Waals surface area contributed by atoms with Crippen molar-refractivity contribution in [3.63, 3.8) is 0 Å². The number of hydrogen-bond acceptors (Lipinski definition) is 0. The molecule has 0 aliphatic rings. The third-order valence-electron chi connectivity index (χ3n) is 4.53. The van der Waals surface area contributed by atoms with Crippen LogP contribution in [0.2, 0.25) is 0 Å². The van der Waals surface area contributed by atoms with Gasteiger partial charge in [-0.1, -0.05) is 77.9 Å². The second kappa shape index (κ2) is 4.84. The highest BCUT2D eigenvalue weighted by Crippen LogP contribution is 2.37. The molecule has 0 unspecified atom stereocenters. The van der Waals surface area contributed by atoms with E-state index in [0.717, 1.165) is 0 Å². The van der Waals surface area contributed by atoms with Crippen molar-refractivity contribution in [2.75, 3.05) is 0 Å². The van der Waals surface area contributed by atoms with Gasteiger partial charge < -0.3 is 0 Å². The highest BCUT2D eigenvalue weighted by Gasteiger charge is 2.20. The minimum absolute atomic E-state index is 0.144. The average molecular weight is 290 g/mol. The van der Waals surface area contributed by atoms with Crippen LogP contribution in [0.4, 0.5) is 0 Å². The Balaban J connectivity index is 2.48. The van der Waals surface area contributed by atoms with Crippen molar-refractivity contribution < 1.29 is 0 Å². The molecule has 0 amide bonds. The lowest BCUT2D eigenvalue weighted by atomic mass is 9.79. The van der Waals surface area contributed by atoms with Crippen molar-refractivity contribution in [2.24, 2.45) is 0 Å². The molecule has 0 radical (unpaired) electrons. The van der Waals surface area contributed by atoms with Crippen molar-refractivity contribution in [2.45, 2.75) is 52.4 Å². The van der Waals surface area contributed by atoms with Crippen molar-refractivity contribution in [1.82, 2.24) is 0 Å². The summed E-state index contributed by atoms with van der Waals surface area (Å²) in [7, 11) is 0. The molecule has 114 valence electrons. The van der Waals surface area contributed by atoms with Gasteiger partial charge in [-0.2, -0.15) is 0 Å². The fourth-order valence-electron chi connectivity index (χ4n) is 3.19. The molecule has 0 aliphatic carbocycles. The van der Waals surface area contributed by atoms with E-state index in [1.165, 1.54) is 32.7 Å². The molecule has 0 N–H and O–H groups in total. The maximum atomic E-state index is 2.40. The van der Waals surface area contributed by atoms with E-state index in [4.69, 9.17) is 0 Å². The Morgan fingerprint density at radius 2 is 1.27 bits per heavy atom. The monoisotopic (exact) mass is 290 g/mol. The third kappa shape index (κ3) is 2.52. The normalized spacial score (nSPS) is 13.0. The molecule has 3 rings (SSSR count). The Morgan fingerprint density at radius 1 is 0.591 bits per heavy atom. The first kappa shape index (κ1) is 15.1. The van der Waals surface area contributed by atoms with Crippen LogP contribution in [0.1, 0.15) is 52.7 Å². The summed E-state index contributed by atoms with van der Waals surface area (Å²) in [5.41, 5.74) is 3.15. The Hall–Kier alpha value is -1.82. The molecule has 0 atom stereocenters. The number of benzene rings is 3. The topological polar surface area (TPSA) is 0 Å². The summed E-state index contributed by atoms with van der Waals surface area (Å²) in [6, 6.07) is 18.1. The van der Waals surface area contributed by atoms with Gasteiger partial charge in [0.15, 0.2) is 0 Å². The lowest BCUT2D eigenvalue weighted by Crippen LogP contribution is -2.13. The zero-order chi connectivity index (χ0) is 16.1. The maximum absolute atomic E-state index is 2.40. The maximum Gasteiger partial charge on any atom is -0.00995 e. The van der Waals surface area contributed by atoms with Gasteiger partial charge >= 0.3 is 0 Å². The summed E-state index contributed by atoms with van der Waals surface area (Å²) < 4.78 is 0. The Morgan fingerprint density at radius 3 is 1.91 bits per heavy atom. The molecule has 0 nitrogen and oxygen atoms in total. The largest absolute Gasteiger partial charge is 0.0616 e. The van der Waals surface area contributed by atoms with Crippen LogP contribution in [0, 0.1) is 0 Å². The molecule has 0 saturated carbocycles. The van der Waals surface area contributed by atoms with E-state index < -0.39 is 0 Å². The predicted octanol–water partition coefficient (Wildman–Crippen LogP) is 6.59. The summed E-state index contributed by atoms with van der Waals surface area (Å²) in [6.45, 7) is 13.7. The van der Waals surface area contributed by atoms with Crippen LogP contribution in [-0.4, -0.2) is 0 Å². The smallest absolute Gasteiger partial charge is 0.00995 e. The minimum Gasteiger partial charge on any atom is -0.0616 e. The molecule has 0 aliphatic heterocycles. The van der Waals surface area contributed by atoms with E-state index in [0.29, 0.717) is 0 Å². The zero-order valence-corrected chi connectivity index (χ0v) is 14.6. The highest BCUT2D eigenvalue weighted by atomic mass is 14.2. The molecule has 0 fully saturated rings. The summed E-state index contributed by atoms with van der Waals surface area (Å²) in [5.74, 6) is 0. The van der Waals surface area contributed by atoms with Crippen molar-refractivity contribution in [3.05, 3.63) is 59.7 Å². The molecular weight excluding hydrogens is 264 g/mol. The number of rotatable bonds is 0. The first-order chi connectivity index (χ1) is 10.2. The van der Waals surface area contributed by atoms with E-state index >= 15 is 0 Å². The van der Waals surface area contributed by atoms with Gasteiger partial charge in [0.05, 0.1) is 0 Å². The van der Waals surface area contributed by atoms with Crippen LogP contribution in [0.5, 0.6) is 0 Å². The minimum atomic E-state index is 0.144. The van der Waals surface area contributed by atoms with Gasteiger partial charge in [-0.05, 0) is 55.6 Å². The van der Waals surface area contributed by atoms with Gasteiger partial charge in [0, 0.05) is 0 Å². The molecule has 0 heteroatoms. The van der Waals surface area contributed by atoms with Crippen molar-refractivity contribution in [1.29, 1.82) is 0 Å². The van der Waals surface area contributed by atoms with Gasteiger partial charge in [-0.15, -0.1) is 0 Å². The van der Waals surface area contributed by atoms with Crippen LogP contribution in [0.3, 0.4) is 0 Å². The quantitative estimate of drug-likeness (QED) is 0.410. The van der Waals surface area contributed by atoms with Crippen molar-refractivity contribution in [3.8, 4) is 0 Å². The molecule has 0 bridgehead atoms. The van der Waals surface area contributed by atoms with E-state index in [1.807, 2.05) is 0 Å². The van der Waals surface area contributed by atoms with E-state index in [9.17, 15) is 0 Å². The summed E-state index contributed by atoms with van der Waals surface area (Å²) in [5, 5.41) is 5.47. The van der Waals surface area contributed by atoms with Gasteiger partial charge in [0.1, 0.15) is 0 Å². The van der Waals surface area contributed by atoms with Crippen molar-refractivity contribution >= 4 is 21.5 Å². The Bertz CT molecular complexity index is 839. The van der Waals surface area contributed by atoms with Gasteiger partial charge in [-0.25, -0.2) is 0 Å². The fraction of sp³-hybridized carbons (Fsp3) is 0.364. The number of hydrogen-bond donors (Lipinski definition) is 0. The lowest BCUT2D eigenvalue weighted by Gasteiger charge is -2.25. The second-order valence-electron chi connectivity index (χ2n) is 8.41. The average Bonchev–Trinajstić information content (AvgIpc) is 2.44. The van der Waals surface area contributed by atoms with Crippen LogP contribution in [0.25, 0.3) is 21.5 Å². The number of fused-ring (bicyclic) bond motifs is 3. The van der Waals surface area contributed by atoms with E-state index in [-0.39, 0.29) is 10.8 Å². The molecule has 0 saturated heterocycles. The standard InChI is InChI=1S/C22H26/c1-21(2,3)16-11-12-18-19(14-16)17-10-8-7-9-15(17)13-20(18)22(4,5)6/h7-14H,1-6H3. The highest BCUT2D eigenvalue weighted by molar-refractivity contribution is 6.09. The summed E-state index contributed by atoms with van der Waals surface area (Å²) in [4.78, 5) is 0. The molecule has 0 spiro atoms. The predicted molar refractivity (Wildman–Crippen MR) is 98.9 cm³/mol. The summed E-state index contributed by atoms with van der Waals surface area (Å²) >= 11 is 0.